The molecule has 1 heterocycles. The molecule has 122 valence electrons. The predicted molar refractivity (Wildman–Crippen MR) is 81.3 cm³/mol. The van der Waals surface area contributed by atoms with Gasteiger partial charge in [0, 0.05) is 19.8 Å². The van der Waals surface area contributed by atoms with E-state index in [4.69, 9.17) is 15.7 Å². The van der Waals surface area contributed by atoms with E-state index in [1.54, 1.807) is 0 Å². The highest BCUT2D eigenvalue weighted by molar-refractivity contribution is 6.06. The van der Waals surface area contributed by atoms with Crippen LogP contribution in [0.25, 0.3) is 0 Å². The lowest BCUT2D eigenvalue weighted by molar-refractivity contribution is -0.131. The second-order valence-corrected chi connectivity index (χ2v) is 5.32. The highest BCUT2D eigenvalue weighted by Gasteiger charge is 2.44. The third-order valence-corrected chi connectivity index (χ3v) is 4.21. The van der Waals surface area contributed by atoms with Gasteiger partial charge in [0.2, 0.25) is 5.91 Å². The summed E-state index contributed by atoms with van der Waals surface area (Å²) in [5.41, 5.74) is 4.83. The van der Waals surface area contributed by atoms with Crippen molar-refractivity contribution >= 4 is 11.7 Å². The van der Waals surface area contributed by atoms with Crippen molar-refractivity contribution in [2.24, 2.45) is 16.3 Å². The minimum absolute atomic E-state index is 0.0213. The van der Waals surface area contributed by atoms with Crippen molar-refractivity contribution in [3.8, 4) is 0 Å². The first-order valence-corrected chi connectivity index (χ1v) is 7.67. The number of oxime groups is 1. The maximum absolute atomic E-state index is 12.5. The van der Waals surface area contributed by atoms with E-state index in [0.717, 1.165) is 26.1 Å². The van der Waals surface area contributed by atoms with Crippen LogP contribution in [0.15, 0.2) is 5.16 Å². The zero-order valence-corrected chi connectivity index (χ0v) is 13.1. The number of rotatable bonds is 8. The van der Waals surface area contributed by atoms with Gasteiger partial charge in [-0.2, -0.15) is 0 Å². The van der Waals surface area contributed by atoms with Gasteiger partial charge in [-0.05, 0) is 38.9 Å². The Labute approximate surface area is 126 Å². The van der Waals surface area contributed by atoms with Gasteiger partial charge in [-0.1, -0.05) is 19.0 Å². The van der Waals surface area contributed by atoms with Crippen molar-refractivity contribution < 1.29 is 14.7 Å². The van der Waals surface area contributed by atoms with Crippen LogP contribution in [0.5, 0.6) is 0 Å². The molecule has 0 aromatic rings. The quantitative estimate of drug-likeness (QED) is 0.198. The van der Waals surface area contributed by atoms with Crippen molar-refractivity contribution in [2.75, 3.05) is 39.4 Å². The van der Waals surface area contributed by atoms with Gasteiger partial charge in [0.1, 0.15) is 5.41 Å². The predicted octanol–water partition coefficient (Wildman–Crippen LogP) is 0.378. The summed E-state index contributed by atoms with van der Waals surface area (Å²) in [6.45, 7) is 8.70. The van der Waals surface area contributed by atoms with E-state index in [9.17, 15) is 4.79 Å². The minimum atomic E-state index is -0.928. The van der Waals surface area contributed by atoms with Gasteiger partial charge in [-0.3, -0.25) is 4.79 Å². The van der Waals surface area contributed by atoms with Gasteiger partial charge in [0.15, 0.2) is 5.84 Å². The first-order valence-electron chi connectivity index (χ1n) is 7.67. The summed E-state index contributed by atoms with van der Waals surface area (Å²) in [6, 6.07) is 0. The van der Waals surface area contributed by atoms with Crippen molar-refractivity contribution in [2.45, 2.75) is 33.1 Å². The third-order valence-electron chi connectivity index (χ3n) is 4.21. The molecule has 0 spiro atoms. The largest absolute Gasteiger partial charge is 0.409 e. The second-order valence-electron chi connectivity index (χ2n) is 5.32. The van der Waals surface area contributed by atoms with E-state index in [0.29, 0.717) is 32.6 Å². The van der Waals surface area contributed by atoms with Gasteiger partial charge in [0.25, 0.3) is 0 Å². The summed E-state index contributed by atoms with van der Waals surface area (Å²) in [7, 11) is 0. The van der Waals surface area contributed by atoms with Crippen LogP contribution >= 0.6 is 0 Å². The monoisotopic (exact) mass is 300 g/mol. The molecule has 0 aromatic heterocycles. The minimum Gasteiger partial charge on any atom is -0.409 e. The Morgan fingerprint density at radius 2 is 2.00 bits per heavy atom. The number of nitrogens with one attached hydrogen (secondary N) is 1. The number of amides is 1. The topological polar surface area (TPSA) is 100 Å². The molecule has 4 N–H and O–H groups in total. The SMILES string of the molecule is CCN(CC)CCCNC(=O)C1(C(N)=NO)CCOCC1. The summed E-state index contributed by atoms with van der Waals surface area (Å²) in [5.74, 6) is -0.187. The smallest absolute Gasteiger partial charge is 0.234 e. The van der Waals surface area contributed by atoms with Crippen LogP contribution in [0.2, 0.25) is 0 Å². The summed E-state index contributed by atoms with van der Waals surface area (Å²) in [5, 5.41) is 14.9. The fraction of sp³-hybridized carbons (Fsp3) is 0.857. The molecule has 1 aliphatic rings. The van der Waals surface area contributed by atoms with Gasteiger partial charge < -0.3 is 25.9 Å². The van der Waals surface area contributed by atoms with Crippen molar-refractivity contribution in [3.63, 3.8) is 0 Å². The second kappa shape index (κ2) is 8.84. The summed E-state index contributed by atoms with van der Waals surface area (Å²) in [4.78, 5) is 14.8. The van der Waals surface area contributed by atoms with Crippen molar-refractivity contribution in [1.82, 2.24) is 10.2 Å². The molecule has 1 rings (SSSR count). The van der Waals surface area contributed by atoms with E-state index >= 15 is 0 Å². The molecule has 1 fully saturated rings. The molecule has 0 unspecified atom stereocenters. The fourth-order valence-corrected chi connectivity index (χ4v) is 2.63. The van der Waals surface area contributed by atoms with E-state index in [1.807, 2.05) is 0 Å². The Kier molecular flexibility index (Phi) is 7.45. The summed E-state index contributed by atoms with van der Waals surface area (Å²) < 4.78 is 5.28. The molecule has 1 amide bonds. The van der Waals surface area contributed by atoms with Gasteiger partial charge in [-0.15, -0.1) is 0 Å². The highest BCUT2D eigenvalue weighted by Crippen LogP contribution is 2.31. The maximum Gasteiger partial charge on any atom is 0.234 e. The van der Waals surface area contributed by atoms with E-state index in [1.165, 1.54) is 0 Å². The Bertz CT molecular complexity index is 350. The van der Waals surface area contributed by atoms with Crippen LogP contribution in [0.4, 0.5) is 0 Å². The summed E-state index contributed by atoms with van der Waals surface area (Å²) >= 11 is 0. The highest BCUT2D eigenvalue weighted by atomic mass is 16.5. The molecule has 0 radical (unpaired) electrons. The number of amidine groups is 1. The molecule has 7 nitrogen and oxygen atoms in total. The Morgan fingerprint density at radius 3 is 2.52 bits per heavy atom. The molecule has 1 aliphatic heterocycles. The van der Waals surface area contributed by atoms with E-state index < -0.39 is 5.41 Å². The molecule has 21 heavy (non-hydrogen) atoms. The van der Waals surface area contributed by atoms with E-state index in [2.05, 4.69) is 29.2 Å². The van der Waals surface area contributed by atoms with Crippen LogP contribution < -0.4 is 11.1 Å². The zero-order chi connectivity index (χ0) is 15.7. The van der Waals surface area contributed by atoms with E-state index in [-0.39, 0.29) is 11.7 Å². The molecule has 1 saturated heterocycles. The van der Waals surface area contributed by atoms with Crippen LogP contribution in [-0.4, -0.2) is 61.2 Å². The fourth-order valence-electron chi connectivity index (χ4n) is 2.63. The van der Waals surface area contributed by atoms with Crippen LogP contribution in [0, 0.1) is 5.41 Å². The van der Waals surface area contributed by atoms with Gasteiger partial charge >= 0.3 is 0 Å². The molecule has 0 aliphatic carbocycles. The number of hydrogen-bond donors (Lipinski definition) is 3. The zero-order valence-electron chi connectivity index (χ0n) is 13.1. The lowest BCUT2D eigenvalue weighted by Gasteiger charge is -2.34. The number of carbonyl (C=O) groups is 1. The van der Waals surface area contributed by atoms with Crippen molar-refractivity contribution in [1.29, 1.82) is 0 Å². The van der Waals surface area contributed by atoms with Gasteiger partial charge in [-0.25, -0.2) is 0 Å². The van der Waals surface area contributed by atoms with Crippen LogP contribution in [0.1, 0.15) is 33.1 Å². The Morgan fingerprint density at radius 1 is 1.38 bits per heavy atom. The van der Waals surface area contributed by atoms with Crippen molar-refractivity contribution in [3.05, 3.63) is 0 Å². The van der Waals surface area contributed by atoms with Crippen LogP contribution in [0.3, 0.4) is 0 Å². The Balaban J connectivity index is 2.50. The molecular weight excluding hydrogens is 272 g/mol. The average Bonchev–Trinajstić information content (AvgIpc) is 2.54. The number of nitrogens with two attached hydrogens (primary N) is 1. The Hall–Kier alpha value is -1.34. The molecule has 0 bridgehead atoms. The first kappa shape index (κ1) is 17.7. The molecule has 0 aromatic carbocycles. The first-order chi connectivity index (χ1) is 10.1. The molecular formula is C14H28N4O3. The average molecular weight is 300 g/mol. The van der Waals surface area contributed by atoms with Gasteiger partial charge in [0.05, 0.1) is 0 Å². The number of hydrogen-bond acceptors (Lipinski definition) is 5. The molecule has 7 heteroatoms. The maximum atomic E-state index is 12.5. The number of ether oxygens (including phenoxy) is 1. The summed E-state index contributed by atoms with van der Waals surface area (Å²) in [6.07, 6.45) is 1.78. The van der Waals surface area contributed by atoms with Crippen LogP contribution in [-0.2, 0) is 9.53 Å². The normalized spacial score (nSPS) is 18.7. The molecule has 0 atom stereocenters. The number of nitrogens with zero attached hydrogens (tertiary/aromatic N) is 2. The lowest BCUT2D eigenvalue weighted by Crippen LogP contribution is -2.53. The standard InChI is InChI=1S/C14H28N4O3/c1-3-18(4-2)9-5-8-16-13(19)14(12(15)17-20)6-10-21-11-7-14/h20H,3-11H2,1-2H3,(H2,15,17)(H,16,19). The third kappa shape index (κ3) is 4.57. The lowest BCUT2D eigenvalue weighted by atomic mass is 9.78. The molecule has 0 saturated carbocycles. The number of carbonyl (C=O) groups excluding carboxylic acids is 1.